The summed E-state index contributed by atoms with van der Waals surface area (Å²) in [6.07, 6.45) is 0. The number of aromatic nitrogens is 2. The minimum atomic E-state index is -0.807. The number of hydrogen-bond donors (Lipinski definition) is 1. The highest BCUT2D eigenvalue weighted by Gasteiger charge is 2.34. The van der Waals surface area contributed by atoms with Crippen LogP contribution < -0.4 is 5.32 Å². The maximum atomic E-state index is 13.4. The monoisotopic (exact) mass is 422 g/mol. The summed E-state index contributed by atoms with van der Waals surface area (Å²) >= 11 is 1.11. The van der Waals surface area contributed by atoms with E-state index in [9.17, 15) is 9.59 Å². The van der Waals surface area contributed by atoms with Gasteiger partial charge in [-0.25, -0.2) is 0 Å². The average Bonchev–Trinajstić information content (AvgIpc) is 3.21. The minimum absolute atomic E-state index is 0.233. The molecule has 1 aromatic heterocycles. The SMILES string of the molecule is Cc1cccc([C@H](C(=O)NC(C)(C)C)N(Cc2ccccc2)C(=O)c2csnn2)c1. The second kappa shape index (κ2) is 9.17. The Morgan fingerprint density at radius 2 is 1.83 bits per heavy atom. The Kier molecular flexibility index (Phi) is 6.62. The molecule has 0 spiro atoms. The van der Waals surface area contributed by atoms with E-state index in [0.717, 1.165) is 28.2 Å². The van der Waals surface area contributed by atoms with E-state index in [4.69, 9.17) is 0 Å². The van der Waals surface area contributed by atoms with Gasteiger partial charge in [0.2, 0.25) is 5.91 Å². The molecule has 1 atom stereocenters. The molecule has 1 heterocycles. The Hall–Kier alpha value is -3.06. The predicted octanol–water partition coefficient (Wildman–Crippen LogP) is 4.14. The molecule has 0 saturated carbocycles. The fourth-order valence-electron chi connectivity index (χ4n) is 3.22. The summed E-state index contributed by atoms with van der Waals surface area (Å²) in [7, 11) is 0. The maximum absolute atomic E-state index is 13.4. The highest BCUT2D eigenvalue weighted by atomic mass is 32.1. The predicted molar refractivity (Wildman–Crippen MR) is 118 cm³/mol. The van der Waals surface area contributed by atoms with Gasteiger partial charge < -0.3 is 10.2 Å². The van der Waals surface area contributed by atoms with Crippen LogP contribution in [0.25, 0.3) is 0 Å². The van der Waals surface area contributed by atoms with E-state index < -0.39 is 11.6 Å². The van der Waals surface area contributed by atoms with Crippen LogP contribution in [0.1, 0.15) is 54.0 Å². The van der Waals surface area contributed by atoms with Gasteiger partial charge in [-0.05, 0) is 50.4 Å². The molecule has 2 aromatic carbocycles. The molecule has 156 valence electrons. The van der Waals surface area contributed by atoms with Crippen LogP contribution in [0.5, 0.6) is 0 Å². The van der Waals surface area contributed by atoms with Crippen LogP contribution in [-0.4, -0.2) is 31.8 Å². The molecule has 0 bridgehead atoms. The first kappa shape index (κ1) is 21.6. The lowest BCUT2D eigenvalue weighted by molar-refractivity contribution is -0.127. The summed E-state index contributed by atoms with van der Waals surface area (Å²) in [6, 6.07) is 16.5. The van der Waals surface area contributed by atoms with Crippen LogP contribution >= 0.6 is 11.5 Å². The van der Waals surface area contributed by atoms with Gasteiger partial charge in [0, 0.05) is 17.5 Å². The van der Waals surface area contributed by atoms with Gasteiger partial charge >= 0.3 is 0 Å². The summed E-state index contributed by atoms with van der Waals surface area (Å²) in [4.78, 5) is 28.4. The summed E-state index contributed by atoms with van der Waals surface area (Å²) in [5, 5.41) is 8.60. The van der Waals surface area contributed by atoms with Crippen molar-refractivity contribution in [3.8, 4) is 0 Å². The molecule has 6 nitrogen and oxygen atoms in total. The molecular formula is C23H26N4O2S. The van der Waals surface area contributed by atoms with E-state index >= 15 is 0 Å². The first-order chi connectivity index (χ1) is 14.2. The molecule has 0 aliphatic carbocycles. The van der Waals surface area contributed by atoms with Crippen molar-refractivity contribution in [3.05, 3.63) is 82.4 Å². The topological polar surface area (TPSA) is 75.2 Å². The maximum Gasteiger partial charge on any atom is 0.276 e. The Morgan fingerprint density at radius 1 is 1.10 bits per heavy atom. The quantitative estimate of drug-likeness (QED) is 0.648. The Bertz CT molecular complexity index is 998. The number of carbonyl (C=O) groups excluding carboxylic acids is 2. The van der Waals surface area contributed by atoms with E-state index in [1.807, 2.05) is 82.3 Å². The lowest BCUT2D eigenvalue weighted by atomic mass is 9.99. The summed E-state index contributed by atoms with van der Waals surface area (Å²) < 4.78 is 3.83. The fraction of sp³-hybridized carbons (Fsp3) is 0.304. The zero-order valence-corrected chi connectivity index (χ0v) is 18.4. The van der Waals surface area contributed by atoms with Crippen LogP contribution in [0.4, 0.5) is 0 Å². The molecular weight excluding hydrogens is 396 g/mol. The van der Waals surface area contributed by atoms with E-state index in [2.05, 4.69) is 14.9 Å². The Labute approximate surface area is 181 Å². The summed E-state index contributed by atoms with van der Waals surface area (Å²) in [5.74, 6) is -0.566. The standard InChI is InChI=1S/C23H26N4O2S/c1-16-9-8-12-18(13-16)20(21(28)24-23(2,3)4)27(14-17-10-6-5-7-11-17)22(29)19-15-30-26-25-19/h5-13,15,20H,14H2,1-4H3,(H,24,28)/t20-/m1/s1. The number of benzene rings is 2. The van der Waals surface area contributed by atoms with Gasteiger partial charge in [0.25, 0.3) is 5.91 Å². The van der Waals surface area contributed by atoms with Gasteiger partial charge in [0.05, 0.1) is 0 Å². The van der Waals surface area contributed by atoms with E-state index in [0.29, 0.717) is 0 Å². The van der Waals surface area contributed by atoms with Gasteiger partial charge in [0.15, 0.2) is 5.69 Å². The minimum Gasteiger partial charge on any atom is -0.349 e. The van der Waals surface area contributed by atoms with Crippen LogP contribution in [0.2, 0.25) is 0 Å². The number of rotatable bonds is 6. The third kappa shape index (κ3) is 5.51. The van der Waals surface area contributed by atoms with Crippen molar-refractivity contribution in [2.24, 2.45) is 0 Å². The largest absolute Gasteiger partial charge is 0.349 e. The summed E-state index contributed by atoms with van der Waals surface area (Å²) in [6.45, 7) is 8.01. The third-order valence-corrected chi connectivity index (χ3v) is 4.96. The highest BCUT2D eigenvalue weighted by Crippen LogP contribution is 2.27. The van der Waals surface area contributed by atoms with Gasteiger partial charge in [-0.3, -0.25) is 9.59 Å². The number of aryl methyl sites for hydroxylation is 1. The van der Waals surface area contributed by atoms with Crippen molar-refractivity contribution >= 4 is 23.3 Å². The Morgan fingerprint density at radius 3 is 2.43 bits per heavy atom. The number of amides is 2. The molecule has 30 heavy (non-hydrogen) atoms. The molecule has 7 heteroatoms. The van der Waals surface area contributed by atoms with Gasteiger partial charge in [-0.2, -0.15) is 0 Å². The van der Waals surface area contributed by atoms with E-state index in [1.54, 1.807) is 10.3 Å². The first-order valence-electron chi connectivity index (χ1n) is 9.75. The number of nitrogens with zero attached hydrogens (tertiary/aromatic N) is 3. The Balaban J connectivity index is 2.09. The number of carbonyl (C=O) groups is 2. The molecule has 2 amide bonds. The normalized spacial score (nSPS) is 12.3. The van der Waals surface area contributed by atoms with Crippen molar-refractivity contribution in [3.63, 3.8) is 0 Å². The zero-order valence-electron chi connectivity index (χ0n) is 17.6. The fourth-order valence-corrected chi connectivity index (χ4v) is 3.65. The van der Waals surface area contributed by atoms with Crippen LogP contribution in [0.15, 0.2) is 60.0 Å². The molecule has 3 rings (SSSR count). The van der Waals surface area contributed by atoms with Crippen LogP contribution in [0.3, 0.4) is 0 Å². The second-order valence-corrected chi connectivity index (χ2v) is 8.87. The molecule has 3 aromatic rings. The lowest BCUT2D eigenvalue weighted by Crippen LogP contribution is -2.49. The van der Waals surface area contributed by atoms with Crippen molar-refractivity contribution in [2.75, 3.05) is 0 Å². The molecule has 0 aliphatic rings. The first-order valence-corrected chi connectivity index (χ1v) is 10.6. The van der Waals surface area contributed by atoms with Gasteiger partial charge in [-0.1, -0.05) is 64.6 Å². The van der Waals surface area contributed by atoms with Crippen LogP contribution in [0, 0.1) is 6.92 Å². The molecule has 0 aliphatic heterocycles. The van der Waals surface area contributed by atoms with E-state index in [1.165, 1.54) is 0 Å². The second-order valence-electron chi connectivity index (χ2n) is 8.26. The molecule has 0 unspecified atom stereocenters. The third-order valence-electron chi connectivity index (χ3n) is 4.45. The van der Waals surface area contributed by atoms with Crippen LogP contribution in [-0.2, 0) is 11.3 Å². The zero-order chi connectivity index (χ0) is 21.7. The molecule has 0 radical (unpaired) electrons. The van der Waals surface area contributed by atoms with Crippen molar-refractivity contribution in [1.82, 2.24) is 19.8 Å². The van der Waals surface area contributed by atoms with Crippen molar-refractivity contribution < 1.29 is 9.59 Å². The molecule has 0 saturated heterocycles. The molecule has 0 fully saturated rings. The molecule has 1 N–H and O–H groups in total. The van der Waals surface area contributed by atoms with Crippen molar-refractivity contribution in [2.45, 2.75) is 45.8 Å². The number of nitrogens with one attached hydrogen (secondary N) is 1. The number of hydrogen-bond acceptors (Lipinski definition) is 5. The van der Waals surface area contributed by atoms with Crippen molar-refractivity contribution in [1.29, 1.82) is 0 Å². The lowest BCUT2D eigenvalue weighted by Gasteiger charge is -2.33. The highest BCUT2D eigenvalue weighted by molar-refractivity contribution is 7.03. The average molecular weight is 423 g/mol. The van der Waals surface area contributed by atoms with Gasteiger partial charge in [-0.15, -0.1) is 5.10 Å². The van der Waals surface area contributed by atoms with Gasteiger partial charge in [0.1, 0.15) is 6.04 Å². The summed E-state index contributed by atoms with van der Waals surface area (Å²) in [5.41, 5.74) is 2.49. The smallest absolute Gasteiger partial charge is 0.276 e. The van der Waals surface area contributed by atoms with E-state index in [-0.39, 0.29) is 24.1 Å².